The largest absolute Gasteiger partial charge is 0.350 e. The molecule has 2 heterocycles. The van der Waals surface area contributed by atoms with Gasteiger partial charge < -0.3 is 5.32 Å². The Morgan fingerprint density at radius 3 is 2.36 bits per heavy atom. The van der Waals surface area contributed by atoms with Gasteiger partial charge in [-0.3, -0.25) is 14.4 Å². The van der Waals surface area contributed by atoms with Crippen LogP contribution >= 0.6 is 11.3 Å². The summed E-state index contributed by atoms with van der Waals surface area (Å²) in [4.78, 5) is 16.7. The van der Waals surface area contributed by atoms with Crippen LogP contribution in [-0.2, 0) is 10.0 Å². The Morgan fingerprint density at radius 2 is 1.73 bits per heavy atom. The van der Waals surface area contributed by atoms with E-state index in [-0.39, 0.29) is 16.8 Å². The molecule has 1 aromatic heterocycles. The van der Waals surface area contributed by atoms with Crippen molar-refractivity contribution in [3.63, 3.8) is 0 Å². The first-order valence-electron chi connectivity index (χ1n) is 11.2. The Labute approximate surface area is 199 Å². The highest BCUT2D eigenvalue weighted by molar-refractivity contribution is 7.92. The Kier molecular flexibility index (Phi) is 7.47. The highest BCUT2D eigenvalue weighted by Gasteiger charge is 2.26. The number of anilines is 1. The summed E-state index contributed by atoms with van der Waals surface area (Å²) in [5.41, 5.74) is 0.907. The molecule has 3 aromatic rings. The van der Waals surface area contributed by atoms with Crippen molar-refractivity contribution >= 4 is 33.0 Å². The van der Waals surface area contributed by atoms with E-state index in [1.165, 1.54) is 29.9 Å². The van der Waals surface area contributed by atoms with Gasteiger partial charge >= 0.3 is 0 Å². The van der Waals surface area contributed by atoms with E-state index in [0.29, 0.717) is 17.8 Å². The highest BCUT2D eigenvalue weighted by Crippen LogP contribution is 2.29. The molecule has 0 saturated carbocycles. The second-order valence-electron chi connectivity index (χ2n) is 8.46. The van der Waals surface area contributed by atoms with Gasteiger partial charge in [0.05, 0.1) is 10.9 Å². The van der Waals surface area contributed by atoms with Gasteiger partial charge in [0, 0.05) is 22.7 Å². The van der Waals surface area contributed by atoms with E-state index >= 15 is 0 Å². The SMILES string of the molecule is CC1CCN(C(CNC(=O)c2ccc(NS(=O)(=O)c3ccccc3)cc2)c2cccs2)CC1. The zero-order valence-electron chi connectivity index (χ0n) is 18.6. The first kappa shape index (κ1) is 23.5. The van der Waals surface area contributed by atoms with Gasteiger partial charge in [-0.2, -0.15) is 0 Å². The average molecular weight is 484 g/mol. The van der Waals surface area contributed by atoms with Crippen LogP contribution in [-0.4, -0.2) is 38.9 Å². The molecule has 0 radical (unpaired) electrons. The number of carbonyl (C=O) groups is 1. The van der Waals surface area contributed by atoms with E-state index in [2.05, 4.69) is 39.4 Å². The van der Waals surface area contributed by atoms with Crippen LogP contribution in [0.25, 0.3) is 0 Å². The van der Waals surface area contributed by atoms with Crippen LogP contribution in [0.1, 0.15) is 41.0 Å². The highest BCUT2D eigenvalue weighted by atomic mass is 32.2. The fourth-order valence-electron chi connectivity index (χ4n) is 4.03. The summed E-state index contributed by atoms with van der Waals surface area (Å²) >= 11 is 1.72. The third-order valence-corrected chi connectivity index (χ3v) is 8.41. The third kappa shape index (κ3) is 6.01. The molecule has 1 aliphatic rings. The van der Waals surface area contributed by atoms with E-state index in [1.54, 1.807) is 53.8 Å². The minimum absolute atomic E-state index is 0.165. The van der Waals surface area contributed by atoms with Gasteiger partial charge in [0.25, 0.3) is 15.9 Å². The van der Waals surface area contributed by atoms with E-state index in [1.807, 2.05) is 0 Å². The molecule has 33 heavy (non-hydrogen) atoms. The molecule has 6 nitrogen and oxygen atoms in total. The lowest BCUT2D eigenvalue weighted by atomic mass is 9.97. The van der Waals surface area contributed by atoms with E-state index in [4.69, 9.17) is 0 Å². The topological polar surface area (TPSA) is 78.5 Å². The Balaban J connectivity index is 1.38. The molecule has 1 amide bonds. The third-order valence-electron chi connectivity index (χ3n) is 6.04. The molecular weight excluding hydrogens is 454 g/mol. The molecule has 4 rings (SSSR count). The maximum atomic E-state index is 12.8. The molecule has 0 spiro atoms. The van der Waals surface area contributed by atoms with Gasteiger partial charge in [-0.05, 0) is 79.7 Å². The predicted octanol–water partition coefficient (Wildman–Crippen LogP) is 4.75. The van der Waals surface area contributed by atoms with Gasteiger partial charge in [0.2, 0.25) is 0 Å². The van der Waals surface area contributed by atoms with Crippen molar-refractivity contribution in [2.24, 2.45) is 5.92 Å². The first-order chi connectivity index (χ1) is 15.9. The summed E-state index contributed by atoms with van der Waals surface area (Å²) < 4.78 is 27.5. The van der Waals surface area contributed by atoms with Crippen molar-refractivity contribution in [2.45, 2.75) is 30.7 Å². The zero-order chi connectivity index (χ0) is 23.3. The van der Waals surface area contributed by atoms with Crippen molar-refractivity contribution in [2.75, 3.05) is 24.4 Å². The number of sulfonamides is 1. The quantitative estimate of drug-likeness (QED) is 0.485. The number of thiophene rings is 1. The smallest absolute Gasteiger partial charge is 0.261 e. The van der Waals surface area contributed by atoms with Gasteiger partial charge in [0.15, 0.2) is 0 Å². The number of amides is 1. The number of likely N-dealkylation sites (tertiary alicyclic amines) is 1. The number of carbonyl (C=O) groups excluding carboxylic acids is 1. The predicted molar refractivity (Wildman–Crippen MR) is 133 cm³/mol. The maximum Gasteiger partial charge on any atom is 0.261 e. The number of nitrogens with zero attached hydrogens (tertiary/aromatic N) is 1. The average Bonchev–Trinajstić information content (AvgIpc) is 3.36. The second-order valence-corrected chi connectivity index (χ2v) is 11.1. The van der Waals surface area contributed by atoms with Crippen LogP contribution < -0.4 is 10.0 Å². The molecule has 1 aliphatic heterocycles. The summed E-state index contributed by atoms with van der Waals surface area (Å²) in [6.45, 7) is 4.91. The number of hydrogen-bond donors (Lipinski definition) is 2. The molecule has 0 bridgehead atoms. The number of rotatable bonds is 8. The molecule has 1 unspecified atom stereocenters. The second kappa shape index (κ2) is 10.5. The lowest BCUT2D eigenvalue weighted by Gasteiger charge is -2.36. The van der Waals surface area contributed by atoms with Crippen molar-refractivity contribution < 1.29 is 13.2 Å². The van der Waals surface area contributed by atoms with Gasteiger partial charge in [-0.15, -0.1) is 11.3 Å². The fourth-order valence-corrected chi connectivity index (χ4v) is 5.97. The lowest BCUT2D eigenvalue weighted by Crippen LogP contribution is -2.41. The van der Waals surface area contributed by atoms with Crippen LogP contribution in [0.2, 0.25) is 0 Å². The van der Waals surface area contributed by atoms with Gasteiger partial charge in [-0.1, -0.05) is 31.2 Å². The van der Waals surface area contributed by atoms with Crippen molar-refractivity contribution in [1.29, 1.82) is 0 Å². The van der Waals surface area contributed by atoms with Gasteiger partial charge in [-0.25, -0.2) is 8.42 Å². The normalized spacial score (nSPS) is 16.3. The van der Waals surface area contributed by atoms with Crippen molar-refractivity contribution in [1.82, 2.24) is 10.2 Å². The number of hydrogen-bond acceptors (Lipinski definition) is 5. The van der Waals surface area contributed by atoms with E-state index in [0.717, 1.165) is 19.0 Å². The number of benzene rings is 2. The van der Waals surface area contributed by atoms with Crippen LogP contribution in [0.15, 0.2) is 77.0 Å². The van der Waals surface area contributed by atoms with E-state index in [9.17, 15) is 13.2 Å². The Morgan fingerprint density at radius 1 is 1.03 bits per heavy atom. The van der Waals surface area contributed by atoms with Crippen molar-refractivity contribution in [3.05, 3.63) is 82.6 Å². The van der Waals surface area contributed by atoms with Crippen LogP contribution in [0, 0.1) is 5.92 Å². The van der Waals surface area contributed by atoms with Crippen LogP contribution in [0.3, 0.4) is 0 Å². The van der Waals surface area contributed by atoms with Crippen molar-refractivity contribution in [3.8, 4) is 0 Å². The molecular formula is C25H29N3O3S2. The summed E-state index contributed by atoms with van der Waals surface area (Å²) in [6.07, 6.45) is 2.35. The van der Waals surface area contributed by atoms with Crippen LogP contribution in [0.5, 0.6) is 0 Å². The lowest BCUT2D eigenvalue weighted by molar-refractivity contribution is 0.0915. The fraction of sp³-hybridized carbons (Fsp3) is 0.320. The van der Waals surface area contributed by atoms with Gasteiger partial charge in [0.1, 0.15) is 0 Å². The summed E-state index contributed by atoms with van der Waals surface area (Å²) in [7, 11) is -3.66. The molecule has 1 fully saturated rings. The van der Waals surface area contributed by atoms with E-state index < -0.39 is 10.0 Å². The molecule has 0 aliphatic carbocycles. The Bertz CT molecular complexity index is 1140. The molecule has 2 N–H and O–H groups in total. The summed E-state index contributed by atoms with van der Waals surface area (Å²) in [6, 6.07) is 19.0. The minimum atomic E-state index is -3.66. The minimum Gasteiger partial charge on any atom is -0.350 e. The maximum absolute atomic E-state index is 12.8. The standard InChI is InChI=1S/C25H29N3O3S2/c1-19-13-15-28(16-14-19)23(24-8-5-17-32-24)18-26-25(29)20-9-11-21(12-10-20)27-33(30,31)22-6-3-2-4-7-22/h2-12,17,19,23,27H,13-16,18H2,1H3,(H,26,29). The molecule has 2 aromatic carbocycles. The number of nitrogens with one attached hydrogen (secondary N) is 2. The monoisotopic (exact) mass is 483 g/mol. The molecule has 1 atom stereocenters. The van der Waals surface area contributed by atoms with Crippen LogP contribution in [0.4, 0.5) is 5.69 Å². The molecule has 174 valence electrons. The molecule has 8 heteroatoms. The summed E-state index contributed by atoms with van der Waals surface area (Å²) in [5, 5.41) is 5.15. The summed E-state index contributed by atoms with van der Waals surface area (Å²) in [5.74, 6) is 0.581. The first-order valence-corrected chi connectivity index (χ1v) is 13.5. The zero-order valence-corrected chi connectivity index (χ0v) is 20.2. The number of piperidine rings is 1. The molecule has 1 saturated heterocycles. The Hall–Kier alpha value is -2.68.